The van der Waals surface area contributed by atoms with E-state index in [1.807, 2.05) is 0 Å². The summed E-state index contributed by atoms with van der Waals surface area (Å²) in [6.45, 7) is 2.22. The third-order valence-corrected chi connectivity index (χ3v) is 5.23. The van der Waals surface area contributed by atoms with E-state index in [1.165, 1.54) is 43.2 Å². The summed E-state index contributed by atoms with van der Waals surface area (Å²) in [5, 5.41) is 0. The van der Waals surface area contributed by atoms with Crippen LogP contribution in [0.15, 0.2) is 48.5 Å². The average molecular weight is 332 g/mol. The summed E-state index contributed by atoms with van der Waals surface area (Å²) in [6, 6.07) is 17.3. The summed E-state index contributed by atoms with van der Waals surface area (Å²) in [6.07, 6.45) is 7.24. The molecular weight excluding hydrogens is 304 g/mol. The van der Waals surface area contributed by atoms with Crippen LogP contribution in [0.5, 0.6) is 5.75 Å². The largest absolute Gasteiger partial charge is 0.497 e. The molecule has 0 atom stereocenters. The van der Waals surface area contributed by atoms with Crippen molar-refractivity contribution >= 4 is 0 Å². The van der Waals surface area contributed by atoms with Gasteiger partial charge in [0.25, 0.3) is 0 Å². The van der Waals surface area contributed by atoms with Gasteiger partial charge in [0.1, 0.15) is 5.75 Å². The molecule has 0 spiro atoms. The van der Waals surface area contributed by atoms with Gasteiger partial charge >= 0.3 is 0 Å². The van der Waals surface area contributed by atoms with Gasteiger partial charge in [0.2, 0.25) is 0 Å². The summed E-state index contributed by atoms with van der Waals surface area (Å²) in [5.74, 6) is 9.06. The molecule has 0 bridgehead atoms. The van der Waals surface area contributed by atoms with Crippen molar-refractivity contribution < 1.29 is 4.74 Å². The fourth-order valence-electron chi connectivity index (χ4n) is 3.68. The predicted molar refractivity (Wildman–Crippen MR) is 105 cm³/mol. The monoisotopic (exact) mass is 332 g/mol. The smallest absolute Gasteiger partial charge is 0.118 e. The number of methoxy groups -OCH3 is 1. The fraction of sp³-hybridized carbons (Fsp3) is 0.417. The normalized spacial score (nSPS) is 19.8. The van der Waals surface area contributed by atoms with E-state index < -0.39 is 0 Å². The van der Waals surface area contributed by atoms with Crippen LogP contribution in [0, 0.1) is 17.8 Å². The molecular formula is C24H28O. The number of ether oxygens (including phenoxy) is 1. The second-order valence-corrected chi connectivity index (χ2v) is 7.04. The SMILES string of the molecule is CCCc1ccc(C#C[C@H]2CC[C@H](c3ccc(OC)cc3)CC2)cc1. The summed E-state index contributed by atoms with van der Waals surface area (Å²) >= 11 is 0. The molecule has 0 aliphatic heterocycles. The van der Waals surface area contributed by atoms with Crippen molar-refractivity contribution in [1.29, 1.82) is 0 Å². The van der Waals surface area contributed by atoms with Gasteiger partial charge in [-0.25, -0.2) is 0 Å². The van der Waals surface area contributed by atoms with E-state index in [-0.39, 0.29) is 0 Å². The molecule has 25 heavy (non-hydrogen) atoms. The van der Waals surface area contributed by atoms with Crippen molar-refractivity contribution in [2.45, 2.75) is 51.4 Å². The van der Waals surface area contributed by atoms with Gasteiger partial charge < -0.3 is 4.74 Å². The Hall–Kier alpha value is -2.20. The van der Waals surface area contributed by atoms with E-state index in [2.05, 4.69) is 67.3 Å². The molecule has 3 rings (SSSR count). The van der Waals surface area contributed by atoms with E-state index in [0.29, 0.717) is 11.8 Å². The minimum atomic E-state index is 0.546. The quantitative estimate of drug-likeness (QED) is 0.626. The van der Waals surface area contributed by atoms with Crippen LogP contribution in [-0.2, 0) is 6.42 Å². The van der Waals surface area contributed by atoms with E-state index in [1.54, 1.807) is 7.11 Å². The zero-order chi connectivity index (χ0) is 17.5. The van der Waals surface area contributed by atoms with Crippen molar-refractivity contribution in [3.63, 3.8) is 0 Å². The molecule has 1 fully saturated rings. The third-order valence-electron chi connectivity index (χ3n) is 5.23. The predicted octanol–water partition coefficient (Wildman–Crippen LogP) is 5.97. The number of benzene rings is 2. The summed E-state index contributed by atoms with van der Waals surface area (Å²) in [4.78, 5) is 0. The molecule has 0 unspecified atom stereocenters. The van der Waals surface area contributed by atoms with Crippen LogP contribution in [0.4, 0.5) is 0 Å². The summed E-state index contributed by atoms with van der Waals surface area (Å²) in [5.41, 5.74) is 4.00. The van der Waals surface area contributed by atoms with Gasteiger partial charge in [-0.15, -0.1) is 0 Å². The number of rotatable bonds is 4. The Kier molecular flexibility index (Phi) is 6.18. The first-order chi connectivity index (χ1) is 12.3. The topological polar surface area (TPSA) is 9.23 Å². The van der Waals surface area contributed by atoms with Crippen molar-refractivity contribution in [3.05, 3.63) is 65.2 Å². The van der Waals surface area contributed by atoms with Gasteiger partial charge in [0.15, 0.2) is 0 Å². The highest BCUT2D eigenvalue weighted by Gasteiger charge is 2.21. The van der Waals surface area contributed by atoms with Crippen LogP contribution < -0.4 is 4.74 Å². The molecule has 1 nitrogen and oxygen atoms in total. The molecule has 0 amide bonds. The lowest BCUT2D eigenvalue weighted by Gasteiger charge is -2.26. The van der Waals surface area contributed by atoms with E-state index >= 15 is 0 Å². The third kappa shape index (κ3) is 4.89. The van der Waals surface area contributed by atoms with E-state index in [9.17, 15) is 0 Å². The Morgan fingerprint density at radius 3 is 2.20 bits per heavy atom. The summed E-state index contributed by atoms with van der Waals surface area (Å²) < 4.78 is 5.25. The van der Waals surface area contributed by atoms with Crippen molar-refractivity contribution in [2.75, 3.05) is 7.11 Å². The fourth-order valence-corrected chi connectivity index (χ4v) is 3.68. The van der Waals surface area contributed by atoms with E-state index in [0.717, 1.165) is 17.7 Å². The summed E-state index contributed by atoms with van der Waals surface area (Å²) in [7, 11) is 1.72. The van der Waals surface area contributed by atoms with E-state index in [4.69, 9.17) is 4.74 Å². The maximum Gasteiger partial charge on any atom is 0.118 e. The van der Waals surface area contributed by atoms with Crippen LogP contribution in [-0.4, -0.2) is 7.11 Å². The zero-order valence-corrected chi connectivity index (χ0v) is 15.4. The Labute approximate surface area is 152 Å². The minimum absolute atomic E-state index is 0.546. The van der Waals surface area contributed by atoms with Crippen molar-refractivity contribution in [1.82, 2.24) is 0 Å². The van der Waals surface area contributed by atoms with Crippen molar-refractivity contribution in [3.8, 4) is 17.6 Å². The Morgan fingerprint density at radius 1 is 0.920 bits per heavy atom. The lowest BCUT2D eigenvalue weighted by atomic mass is 9.79. The molecule has 0 aromatic heterocycles. The van der Waals surface area contributed by atoms with Crippen LogP contribution in [0.25, 0.3) is 0 Å². The van der Waals surface area contributed by atoms with Gasteiger partial charge in [-0.2, -0.15) is 0 Å². The highest BCUT2D eigenvalue weighted by molar-refractivity contribution is 5.37. The number of hydrogen-bond acceptors (Lipinski definition) is 1. The molecule has 2 aromatic carbocycles. The van der Waals surface area contributed by atoms with Gasteiger partial charge in [-0.3, -0.25) is 0 Å². The standard InChI is InChI=1S/C24H28O/c1-3-4-19-5-7-20(8-6-19)9-10-21-11-13-22(14-12-21)23-15-17-24(25-2)18-16-23/h5-8,15-18,21-22H,3-4,11-14H2,1-2H3/t21-,22-. The van der Waals surface area contributed by atoms with Crippen LogP contribution >= 0.6 is 0 Å². The zero-order valence-electron chi connectivity index (χ0n) is 15.4. The number of aryl methyl sites for hydroxylation is 1. The maximum atomic E-state index is 5.25. The highest BCUT2D eigenvalue weighted by Crippen LogP contribution is 2.36. The van der Waals surface area contributed by atoms with Crippen molar-refractivity contribution in [2.24, 2.45) is 5.92 Å². The van der Waals surface area contributed by atoms with Gasteiger partial charge in [-0.05, 0) is 73.4 Å². The molecule has 0 radical (unpaired) electrons. The highest BCUT2D eigenvalue weighted by atomic mass is 16.5. The first kappa shape index (κ1) is 17.6. The van der Waals surface area contributed by atoms with Crippen LogP contribution in [0.1, 0.15) is 61.6 Å². The Bertz CT molecular complexity index is 707. The van der Waals surface area contributed by atoms with Crippen LogP contribution in [0.3, 0.4) is 0 Å². The number of hydrogen-bond donors (Lipinski definition) is 0. The second-order valence-electron chi connectivity index (χ2n) is 7.04. The first-order valence-corrected chi connectivity index (χ1v) is 9.53. The maximum absolute atomic E-state index is 5.25. The van der Waals surface area contributed by atoms with Gasteiger partial charge in [0, 0.05) is 11.5 Å². The lowest BCUT2D eigenvalue weighted by Crippen LogP contribution is -2.12. The molecule has 1 saturated carbocycles. The molecule has 0 saturated heterocycles. The average Bonchev–Trinajstić information content (AvgIpc) is 2.68. The lowest BCUT2D eigenvalue weighted by molar-refractivity contribution is 0.383. The Morgan fingerprint density at radius 2 is 1.60 bits per heavy atom. The van der Waals surface area contributed by atoms with Crippen LogP contribution in [0.2, 0.25) is 0 Å². The molecule has 2 aromatic rings. The molecule has 1 heteroatoms. The molecule has 130 valence electrons. The molecule has 0 N–H and O–H groups in total. The molecule has 1 aliphatic carbocycles. The van der Waals surface area contributed by atoms with Gasteiger partial charge in [-0.1, -0.05) is 49.5 Å². The second kappa shape index (κ2) is 8.77. The first-order valence-electron chi connectivity index (χ1n) is 9.53. The van der Waals surface area contributed by atoms with Gasteiger partial charge in [0.05, 0.1) is 7.11 Å². The molecule has 0 heterocycles. The minimum Gasteiger partial charge on any atom is -0.497 e. The molecule has 1 aliphatic rings. The Balaban J connectivity index is 1.54.